The number of nitrogens with zero attached hydrogens (tertiary/aromatic N) is 4. The molecular weight excluding hydrogens is 326 g/mol. The number of benzene rings is 1. The van der Waals surface area contributed by atoms with E-state index in [4.69, 9.17) is 0 Å². The van der Waals surface area contributed by atoms with E-state index >= 15 is 0 Å². The van der Waals surface area contributed by atoms with Crippen molar-refractivity contribution >= 4 is 10.0 Å². The van der Waals surface area contributed by atoms with E-state index in [9.17, 15) is 8.42 Å². The van der Waals surface area contributed by atoms with Crippen molar-refractivity contribution in [3.8, 4) is 11.4 Å². The van der Waals surface area contributed by atoms with E-state index in [0.717, 1.165) is 11.3 Å². The fourth-order valence-corrected chi connectivity index (χ4v) is 3.16. The van der Waals surface area contributed by atoms with Gasteiger partial charge in [-0.05, 0) is 6.07 Å². The average Bonchev–Trinajstić information content (AvgIpc) is 3.01. The summed E-state index contributed by atoms with van der Waals surface area (Å²) in [6.45, 7) is 0.280. The van der Waals surface area contributed by atoms with Gasteiger partial charge in [-0.2, -0.15) is 5.10 Å². The van der Waals surface area contributed by atoms with E-state index in [0.29, 0.717) is 12.2 Å². The lowest BCUT2D eigenvalue weighted by Gasteiger charge is -2.07. The Labute approximate surface area is 140 Å². The summed E-state index contributed by atoms with van der Waals surface area (Å²) < 4.78 is 28.8. The van der Waals surface area contributed by atoms with Crippen LogP contribution in [-0.2, 0) is 23.5 Å². The SMILES string of the molecule is Cn1nccc1CCNS(=O)(=O)c1cnc(-c2ccccc2)nc1. The number of hydrogen-bond acceptors (Lipinski definition) is 5. The number of nitrogens with one attached hydrogen (secondary N) is 1. The molecule has 0 saturated heterocycles. The Morgan fingerprint density at radius 3 is 2.42 bits per heavy atom. The number of hydrogen-bond donors (Lipinski definition) is 1. The number of sulfonamides is 1. The minimum absolute atomic E-state index is 0.0483. The van der Waals surface area contributed by atoms with Crippen LogP contribution in [0.3, 0.4) is 0 Å². The van der Waals surface area contributed by atoms with E-state index in [1.807, 2.05) is 43.4 Å². The quantitative estimate of drug-likeness (QED) is 0.731. The molecule has 124 valence electrons. The van der Waals surface area contributed by atoms with Gasteiger partial charge in [-0.1, -0.05) is 30.3 Å². The van der Waals surface area contributed by atoms with E-state index in [1.165, 1.54) is 12.4 Å². The Bertz CT molecular complexity index is 905. The van der Waals surface area contributed by atoms with Crippen LogP contribution >= 0.6 is 0 Å². The molecule has 2 heterocycles. The Morgan fingerprint density at radius 1 is 1.08 bits per heavy atom. The van der Waals surface area contributed by atoms with Crippen LogP contribution in [0, 0.1) is 0 Å². The van der Waals surface area contributed by atoms with Crippen molar-refractivity contribution in [3.05, 3.63) is 60.7 Å². The lowest BCUT2D eigenvalue weighted by Crippen LogP contribution is -2.26. The van der Waals surface area contributed by atoms with Gasteiger partial charge in [-0.3, -0.25) is 4.68 Å². The molecule has 0 bridgehead atoms. The van der Waals surface area contributed by atoms with E-state index in [2.05, 4.69) is 19.8 Å². The van der Waals surface area contributed by atoms with Gasteiger partial charge >= 0.3 is 0 Å². The van der Waals surface area contributed by atoms with Crippen molar-refractivity contribution in [3.63, 3.8) is 0 Å². The normalized spacial score (nSPS) is 11.5. The van der Waals surface area contributed by atoms with Gasteiger partial charge < -0.3 is 0 Å². The van der Waals surface area contributed by atoms with Crippen molar-refractivity contribution in [2.75, 3.05) is 6.54 Å². The molecule has 0 unspecified atom stereocenters. The predicted octanol–water partition coefficient (Wildman–Crippen LogP) is 1.40. The van der Waals surface area contributed by atoms with Crippen molar-refractivity contribution in [2.24, 2.45) is 7.05 Å². The third-order valence-electron chi connectivity index (χ3n) is 3.57. The van der Waals surface area contributed by atoms with Crippen molar-refractivity contribution < 1.29 is 8.42 Å². The first-order valence-corrected chi connectivity index (χ1v) is 8.88. The first-order chi connectivity index (χ1) is 11.6. The number of aromatic nitrogens is 4. The molecule has 3 aromatic rings. The lowest BCUT2D eigenvalue weighted by atomic mass is 10.2. The zero-order valence-electron chi connectivity index (χ0n) is 13.1. The summed E-state index contributed by atoms with van der Waals surface area (Å²) in [5.74, 6) is 0.490. The van der Waals surface area contributed by atoms with Crippen LogP contribution in [0.15, 0.2) is 59.9 Å². The van der Waals surface area contributed by atoms with Gasteiger partial charge in [0.05, 0.1) is 12.4 Å². The fourth-order valence-electron chi connectivity index (χ4n) is 2.23. The Kier molecular flexibility index (Phi) is 4.68. The fraction of sp³-hybridized carbons (Fsp3) is 0.188. The molecular formula is C16H17N5O2S. The third-order valence-corrected chi connectivity index (χ3v) is 4.98. The maximum absolute atomic E-state index is 12.3. The highest BCUT2D eigenvalue weighted by molar-refractivity contribution is 7.89. The molecule has 1 N–H and O–H groups in total. The lowest BCUT2D eigenvalue weighted by molar-refractivity contribution is 0.579. The molecule has 8 heteroatoms. The summed E-state index contributed by atoms with van der Waals surface area (Å²) in [4.78, 5) is 8.33. The maximum atomic E-state index is 12.3. The Morgan fingerprint density at radius 2 is 1.79 bits per heavy atom. The minimum Gasteiger partial charge on any atom is -0.273 e. The molecule has 0 aliphatic carbocycles. The number of rotatable bonds is 6. The molecule has 3 rings (SSSR count). The Hall–Kier alpha value is -2.58. The highest BCUT2D eigenvalue weighted by atomic mass is 32.2. The molecule has 0 saturated carbocycles. The molecule has 7 nitrogen and oxygen atoms in total. The second-order valence-corrected chi connectivity index (χ2v) is 6.97. The van der Waals surface area contributed by atoms with E-state index in [-0.39, 0.29) is 11.4 Å². The summed E-state index contributed by atoms with van der Waals surface area (Å²) >= 11 is 0. The molecule has 0 amide bonds. The monoisotopic (exact) mass is 343 g/mol. The first kappa shape index (κ1) is 16.3. The van der Waals surface area contributed by atoms with Crippen LogP contribution in [0.1, 0.15) is 5.69 Å². The summed E-state index contributed by atoms with van der Waals surface area (Å²) in [5, 5.41) is 4.05. The second-order valence-electron chi connectivity index (χ2n) is 5.20. The molecule has 24 heavy (non-hydrogen) atoms. The van der Waals surface area contributed by atoms with Crippen molar-refractivity contribution in [1.29, 1.82) is 0 Å². The molecule has 0 aliphatic heterocycles. The summed E-state index contributed by atoms with van der Waals surface area (Å²) in [6.07, 6.45) is 4.88. The van der Waals surface area contributed by atoms with Gasteiger partial charge in [-0.15, -0.1) is 0 Å². The van der Waals surface area contributed by atoms with Gasteiger partial charge in [0, 0.05) is 37.5 Å². The van der Waals surface area contributed by atoms with Crippen molar-refractivity contribution in [1.82, 2.24) is 24.5 Å². The van der Waals surface area contributed by atoms with Crippen LogP contribution in [0.2, 0.25) is 0 Å². The standard InChI is InChI=1S/C16H17N5O2S/c1-21-14(7-9-19-21)8-10-20-24(22,23)15-11-17-16(18-12-15)13-5-3-2-4-6-13/h2-7,9,11-12,20H,8,10H2,1H3. The van der Waals surface area contributed by atoms with Crippen LogP contribution in [0.5, 0.6) is 0 Å². The second kappa shape index (κ2) is 6.90. The molecule has 0 atom stereocenters. The predicted molar refractivity (Wildman–Crippen MR) is 89.6 cm³/mol. The maximum Gasteiger partial charge on any atom is 0.243 e. The molecule has 1 aromatic carbocycles. The number of aryl methyl sites for hydroxylation is 1. The zero-order valence-corrected chi connectivity index (χ0v) is 13.9. The molecule has 0 radical (unpaired) electrons. The first-order valence-electron chi connectivity index (χ1n) is 7.40. The Balaban J connectivity index is 1.67. The van der Waals surface area contributed by atoms with Crippen LogP contribution in [-0.4, -0.2) is 34.7 Å². The summed E-state index contributed by atoms with van der Waals surface area (Å²) in [7, 11) is -1.81. The molecule has 0 aliphatic rings. The zero-order chi connectivity index (χ0) is 17.0. The van der Waals surface area contributed by atoms with Crippen LogP contribution < -0.4 is 4.72 Å². The molecule has 0 spiro atoms. The minimum atomic E-state index is -3.63. The van der Waals surface area contributed by atoms with Crippen molar-refractivity contribution in [2.45, 2.75) is 11.3 Å². The largest absolute Gasteiger partial charge is 0.273 e. The van der Waals surface area contributed by atoms with E-state index in [1.54, 1.807) is 10.9 Å². The van der Waals surface area contributed by atoms with Crippen LogP contribution in [0.25, 0.3) is 11.4 Å². The molecule has 2 aromatic heterocycles. The highest BCUT2D eigenvalue weighted by Gasteiger charge is 2.15. The third kappa shape index (κ3) is 3.66. The smallest absolute Gasteiger partial charge is 0.243 e. The molecule has 0 fully saturated rings. The highest BCUT2D eigenvalue weighted by Crippen LogP contribution is 2.14. The van der Waals surface area contributed by atoms with Gasteiger partial charge in [0.25, 0.3) is 0 Å². The summed E-state index contributed by atoms with van der Waals surface area (Å²) in [6, 6.07) is 11.2. The van der Waals surface area contributed by atoms with Gasteiger partial charge in [-0.25, -0.2) is 23.1 Å². The summed E-state index contributed by atoms with van der Waals surface area (Å²) in [5.41, 5.74) is 1.79. The van der Waals surface area contributed by atoms with Gasteiger partial charge in [0.2, 0.25) is 10.0 Å². The van der Waals surface area contributed by atoms with Gasteiger partial charge in [0.1, 0.15) is 4.90 Å². The van der Waals surface area contributed by atoms with Gasteiger partial charge in [0.15, 0.2) is 5.82 Å². The topological polar surface area (TPSA) is 89.8 Å². The van der Waals surface area contributed by atoms with E-state index < -0.39 is 10.0 Å². The van der Waals surface area contributed by atoms with Crippen LogP contribution in [0.4, 0.5) is 0 Å². The average molecular weight is 343 g/mol.